The summed E-state index contributed by atoms with van der Waals surface area (Å²) in [4.78, 5) is 5.08. The zero-order valence-electron chi connectivity index (χ0n) is 13.9. The highest BCUT2D eigenvalue weighted by Crippen LogP contribution is 2.37. The van der Waals surface area contributed by atoms with E-state index in [2.05, 4.69) is 15.6 Å². The molecule has 0 aromatic carbocycles. The Balaban J connectivity index is 1.88. The molecule has 1 unspecified atom stereocenters. The number of hydrogen-bond acceptors (Lipinski definition) is 3. The van der Waals surface area contributed by atoms with Crippen molar-refractivity contribution in [2.45, 2.75) is 50.9 Å². The van der Waals surface area contributed by atoms with Crippen LogP contribution >= 0.6 is 22.9 Å². The summed E-state index contributed by atoms with van der Waals surface area (Å²) in [6.45, 7) is 2.70. The van der Waals surface area contributed by atoms with Crippen LogP contribution < -0.4 is 10.6 Å². The molecule has 0 radical (unpaired) electrons. The van der Waals surface area contributed by atoms with Crippen LogP contribution in [0.5, 0.6) is 0 Å². The minimum atomic E-state index is -4.10. The molecule has 0 aliphatic heterocycles. The summed E-state index contributed by atoms with van der Waals surface area (Å²) < 4.78 is 38.8. The summed E-state index contributed by atoms with van der Waals surface area (Å²) in [6, 6.07) is 3.44. The molecule has 1 aliphatic rings. The van der Waals surface area contributed by atoms with Gasteiger partial charge in [-0.1, -0.05) is 11.6 Å². The zero-order chi connectivity index (χ0) is 18.4. The molecule has 1 aromatic heterocycles. The standard InChI is InChI=1S/C16H23ClF3N3OS/c1-2-21-15(22-9-12(24)13-7-8-14(17)25-13)23-11-5-3-10(4-6-11)16(18,19)20/h7-8,10-12,24H,2-6,9H2,1H3,(H2,21,22,23). The van der Waals surface area contributed by atoms with E-state index in [1.54, 1.807) is 12.1 Å². The molecule has 1 heterocycles. The number of nitrogens with one attached hydrogen (secondary N) is 2. The zero-order valence-corrected chi connectivity index (χ0v) is 15.5. The smallest absolute Gasteiger partial charge is 0.386 e. The maximum Gasteiger partial charge on any atom is 0.391 e. The summed E-state index contributed by atoms with van der Waals surface area (Å²) in [5.41, 5.74) is 0. The van der Waals surface area contributed by atoms with E-state index in [1.807, 2.05) is 6.92 Å². The number of halogens is 4. The molecule has 2 rings (SSSR count). The van der Waals surface area contributed by atoms with Crippen LogP contribution in [-0.4, -0.2) is 36.4 Å². The first-order valence-electron chi connectivity index (χ1n) is 8.34. The van der Waals surface area contributed by atoms with Gasteiger partial charge in [-0.15, -0.1) is 11.3 Å². The molecule has 9 heteroatoms. The third kappa shape index (κ3) is 6.34. The molecule has 1 aromatic rings. The third-order valence-corrected chi connectivity index (χ3v) is 5.55. The van der Waals surface area contributed by atoms with E-state index < -0.39 is 18.2 Å². The summed E-state index contributed by atoms with van der Waals surface area (Å²) in [5.74, 6) is -0.685. The van der Waals surface area contributed by atoms with Gasteiger partial charge < -0.3 is 15.7 Å². The number of aliphatic hydroxyl groups is 1. The van der Waals surface area contributed by atoms with Gasteiger partial charge in [0.25, 0.3) is 0 Å². The maximum absolute atomic E-state index is 12.7. The minimum Gasteiger partial charge on any atom is -0.386 e. The van der Waals surface area contributed by atoms with E-state index in [4.69, 9.17) is 11.6 Å². The fourth-order valence-corrected chi connectivity index (χ4v) is 3.89. The molecule has 3 N–H and O–H groups in total. The van der Waals surface area contributed by atoms with Gasteiger partial charge >= 0.3 is 6.18 Å². The fraction of sp³-hybridized carbons (Fsp3) is 0.688. The van der Waals surface area contributed by atoms with Gasteiger partial charge in [0.15, 0.2) is 5.96 Å². The Morgan fingerprint density at radius 3 is 2.56 bits per heavy atom. The van der Waals surface area contributed by atoms with Crippen molar-refractivity contribution in [2.24, 2.45) is 10.9 Å². The molecule has 25 heavy (non-hydrogen) atoms. The number of thiophene rings is 1. The van der Waals surface area contributed by atoms with E-state index in [9.17, 15) is 18.3 Å². The van der Waals surface area contributed by atoms with Gasteiger partial charge in [-0.05, 0) is 44.7 Å². The van der Waals surface area contributed by atoms with Crippen LogP contribution in [0.25, 0.3) is 0 Å². The van der Waals surface area contributed by atoms with E-state index in [0.717, 1.165) is 4.88 Å². The van der Waals surface area contributed by atoms with Crippen LogP contribution in [0.4, 0.5) is 13.2 Å². The SMILES string of the molecule is CCNC(=NCC(O)c1ccc(Cl)s1)NC1CCC(C(F)(F)F)CC1. The van der Waals surface area contributed by atoms with Gasteiger partial charge in [0.05, 0.1) is 16.8 Å². The van der Waals surface area contributed by atoms with Crippen LogP contribution in [0, 0.1) is 5.92 Å². The quantitative estimate of drug-likeness (QED) is 0.517. The second-order valence-electron chi connectivity index (χ2n) is 6.11. The Hall–Kier alpha value is -0.990. The van der Waals surface area contributed by atoms with Crippen molar-refractivity contribution >= 4 is 28.9 Å². The largest absolute Gasteiger partial charge is 0.391 e. The van der Waals surface area contributed by atoms with Gasteiger partial charge in [0.1, 0.15) is 6.10 Å². The van der Waals surface area contributed by atoms with E-state index >= 15 is 0 Å². The number of rotatable bonds is 5. The van der Waals surface area contributed by atoms with Crippen molar-refractivity contribution in [3.63, 3.8) is 0 Å². The Morgan fingerprint density at radius 1 is 1.36 bits per heavy atom. The fourth-order valence-electron chi connectivity index (χ4n) is 2.85. The van der Waals surface area contributed by atoms with Crippen molar-refractivity contribution in [1.82, 2.24) is 10.6 Å². The lowest BCUT2D eigenvalue weighted by Gasteiger charge is -2.31. The Kier molecular flexibility index (Phi) is 7.39. The van der Waals surface area contributed by atoms with Crippen LogP contribution in [0.2, 0.25) is 4.34 Å². The van der Waals surface area contributed by atoms with Crippen LogP contribution in [0.1, 0.15) is 43.6 Å². The highest BCUT2D eigenvalue weighted by atomic mass is 35.5. The molecule has 1 atom stereocenters. The van der Waals surface area contributed by atoms with Crippen molar-refractivity contribution < 1.29 is 18.3 Å². The molecule has 4 nitrogen and oxygen atoms in total. The number of hydrogen-bond donors (Lipinski definition) is 3. The lowest BCUT2D eigenvalue weighted by atomic mass is 9.85. The Bertz CT molecular complexity index is 571. The average molecular weight is 398 g/mol. The molecule has 0 saturated heterocycles. The summed E-state index contributed by atoms with van der Waals surface area (Å²) in [7, 11) is 0. The van der Waals surface area contributed by atoms with E-state index in [1.165, 1.54) is 11.3 Å². The summed E-state index contributed by atoms with van der Waals surface area (Å²) >= 11 is 7.15. The van der Waals surface area contributed by atoms with Crippen molar-refractivity contribution in [3.05, 3.63) is 21.3 Å². The Morgan fingerprint density at radius 2 is 2.04 bits per heavy atom. The lowest BCUT2D eigenvalue weighted by molar-refractivity contribution is -0.182. The predicted octanol–water partition coefficient (Wildman–Crippen LogP) is 4.11. The first kappa shape index (κ1) is 20.3. The van der Waals surface area contributed by atoms with Gasteiger partial charge in [-0.25, -0.2) is 0 Å². The number of aliphatic imine (C=N–C) groups is 1. The van der Waals surface area contributed by atoms with Crippen molar-refractivity contribution in [2.75, 3.05) is 13.1 Å². The third-order valence-electron chi connectivity index (χ3n) is 4.22. The van der Waals surface area contributed by atoms with E-state index in [0.29, 0.717) is 29.7 Å². The van der Waals surface area contributed by atoms with E-state index in [-0.39, 0.29) is 25.4 Å². The average Bonchev–Trinajstić information content (AvgIpc) is 2.99. The molecular weight excluding hydrogens is 375 g/mol. The lowest BCUT2D eigenvalue weighted by Crippen LogP contribution is -2.46. The van der Waals surface area contributed by atoms with Crippen LogP contribution in [-0.2, 0) is 0 Å². The maximum atomic E-state index is 12.7. The molecule has 1 saturated carbocycles. The monoisotopic (exact) mass is 397 g/mol. The summed E-state index contributed by atoms with van der Waals surface area (Å²) in [6.07, 6.45) is -3.67. The Labute approximate surface area is 154 Å². The van der Waals surface area contributed by atoms with Gasteiger partial charge in [-0.3, -0.25) is 4.99 Å². The number of nitrogens with zero attached hydrogens (tertiary/aromatic N) is 1. The molecule has 0 bridgehead atoms. The number of alkyl halides is 3. The normalized spacial score (nSPS) is 23.4. The highest BCUT2D eigenvalue weighted by molar-refractivity contribution is 7.16. The minimum absolute atomic E-state index is 0.0373. The predicted molar refractivity (Wildman–Crippen MR) is 95.2 cm³/mol. The first-order valence-corrected chi connectivity index (χ1v) is 9.54. The highest BCUT2D eigenvalue weighted by Gasteiger charge is 2.41. The van der Waals surface area contributed by atoms with Crippen molar-refractivity contribution in [3.8, 4) is 0 Å². The van der Waals surface area contributed by atoms with Gasteiger partial charge in [0.2, 0.25) is 0 Å². The number of guanidine groups is 1. The topological polar surface area (TPSA) is 56.7 Å². The molecule has 0 spiro atoms. The molecule has 1 fully saturated rings. The number of aliphatic hydroxyl groups excluding tert-OH is 1. The van der Waals surface area contributed by atoms with Gasteiger partial charge in [-0.2, -0.15) is 13.2 Å². The molecule has 1 aliphatic carbocycles. The van der Waals surface area contributed by atoms with Crippen LogP contribution in [0.15, 0.2) is 17.1 Å². The summed E-state index contributed by atoms with van der Waals surface area (Å²) in [5, 5.41) is 16.4. The van der Waals surface area contributed by atoms with Gasteiger partial charge in [0, 0.05) is 17.5 Å². The second kappa shape index (κ2) is 9.09. The molecular formula is C16H23ClF3N3OS. The molecule has 142 valence electrons. The molecule has 0 amide bonds. The van der Waals surface area contributed by atoms with Crippen LogP contribution in [0.3, 0.4) is 0 Å². The second-order valence-corrected chi connectivity index (χ2v) is 7.86. The first-order chi connectivity index (χ1) is 11.8. The van der Waals surface area contributed by atoms with Crippen molar-refractivity contribution in [1.29, 1.82) is 0 Å².